The number of hydrogen-bond acceptors (Lipinski definition) is 3. The standard InChI is InChI=1S/C11H12ClN3O/c12-8-1-3-15-6-9(14-11(15)5-8)10-7-16-4-2-13-10/h1,3,5-6,10,13H,2,4,7H2. The second kappa shape index (κ2) is 4.05. The van der Waals surface area contributed by atoms with Crippen LogP contribution < -0.4 is 5.32 Å². The number of morpholine rings is 1. The first kappa shape index (κ1) is 10.1. The molecule has 16 heavy (non-hydrogen) atoms. The monoisotopic (exact) mass is 237 g/mol. The van der Waals surface area contributed by atoms with Crippen molar-refractivity contribution in [3.63, 3.8) is 0 Å². The average Bonchev–Trinajstić information content (AvgIpc) is 2.73. The maximum absolute atomic E-state index is 5.92. The van der Waals surface area contributed by atoms with Gasteiger partial charge in [0.15, 0.2) is 0 Å². The number of pyridine rings is 1. The van der Waals surface area contributed by atoms with Gasteiger partial charge in [0, 0.05) is 24.0 Å². The van der Waals surface area contributed by atoms with E-state index >= 15 is 0 Å². The van der Waals surface area contributed by atoms with E-state index in [9.17, 15) is 0 Å². The molecule has 1 N–H and O–H groups in total. The van der Waals surface area contributed by atoms with Crippen molar-refractivity contribution in [2.24, 2.45) is 0 Å². The average molecular weight is 238 g/mol. The Morgan fingerprint density at radius 1 is 1.56 bits per heavy atom. The lowest BCUT2D eigenvalue weighted by molar-refractivity contribution is 0.0758. The minimum Gasteiger partial charge on any atom is -0.378 e. The highest BCUT2D eigenvalue weighted by Crippen LogP contribution is 2.18. The Balaban J connectivity index is 1.97. The Bertz CT molecular complexity index is 505. The molecule has 0 aromatic carbocycles. The number of nitrogens with zero attached hydrogens (tertiary/aromatic N) is 2. The molecule has 2 aromatic heterocycles. The predicted molar refractivity (Wildman–Crippen MR) is 61.8 cm³/mol. The number of ether oxygens (including phenoxy) is 1. The Morgan fingerprint density at radius 2 is 2.50 bits per heavy atom. The highest BCUT2D eigenvalue weighted by Gasteiger charge is 2.17. The van der Waals surface area contributed by atoms with Gasteiger partial charge in [-0.3, -0.25) is 0 Å². The van der Waals surface area contributed by atoms with Gasteiger partial charge in [-0.15, -0.1) is 0 Å². The van der Waals surface area contributed by atoms with Crippen LogP contribution in [0.4, 0.5) is 0 Å². The summed E-state index contributed by atoms with van der Waals surface area (Å²) in [5, 5.41) is 4.08. The fourth-order valence-electron chi connectivity index (χ4n) is 1.90. The van der Waals surface area contributed by atoms with E-state index in [0.717, 1.165) is 24.5 Å². The molecule has 5 heteroatoms. The first-order valence-electron chi connectivity index (χ1n) is 5.28. The molecule has 1 atom stereocenters. The van der Waals surface area contributed by atoms with Crippen molar-refractivity contribution in [2.75, 3.05) is 19.8 Å². The Kier molecular flexibility index (Phi) is 2.55. The second-order valence-electron chi connectivity index (χ2n) is 3.86. The summed E-state index contributed by atoms with van der Waals surface area (Å²) in [6, 6.07) is 3.90. The van der Waals surface area contributed by atoms with Crippen LogP contribution in [-0.4, -0.2) is 29.1 Å². The summed E-state index contributed by atoms with van der Waals surface area (Å²) in [6.07, 6.45) is 3.93. The number of rotatable bonds is 1. The van der Waals surface area contributed by atoms with Crippen LogP contribution in [0.2, 0.25) is 5.02 Å². The molecule has 0 saturated carbocycles. The SMILES string of the molecule is Clc1ccn2cc(C3COCCN3)nc2c1. The molecule has 1 unspecified atom stereocenters. The molecule has 84 valence electrons. The Labute approximate surface area is 98.2 Å². The van der Waals surface area contributed by atoms with E-state index in [1.165, 1.54) is 0 Å². The van der Waals surface area contributed by atoms with Crippen molar-refractivity contribution >= 4 is 17.2 Å². The number of halogens is 1. The van der Waals surface area contributed by atoms with Gasteiger partial charge in [0.05, 0.1) is 24.9 Å². The van der Waals surface area contributed by atoms with Crippen molar-refractivity contribution in [3.8, 4) is 0 Å². The Hall–Kier alpha value is -1.10. The molecule has 2 aromatic rings. The maximum atomic E-state index is 5.92. The topological polar surface area (TPSA) is 38.6 Å². The number of nitrogens with one attached hydrogen (secondary N) is 1. The van der Waals surface area contributed by atoms with Crippen LogP contribution in [0.3, 0.4) is 0 Å². The quantitative estimate of drug-likeness (QED) is 0.820. The van der Waals surface area contributed by atoms with E-state index in [1.807, 2.05) is 28.9 Å². The zero-order chi connectivity index (χ0) is 11.0. The molecule has 0 spiro atoms. The molecular formula is C11H12ClN3O. The van der Waals surface area contributed by atoms with Gasteiger partial charge in [-0.1, -0.05) is 11.6 Å². The molecule has 3 heterocycles. The number of aromatic nitrogens is 2. The zero-order valence-electron chi connectivity index (χ0n) is 8.69. The third-order valence-corrected chi connectivity index (χ3v) is 2.95. The van der Waals surface area contributed by atoms with Crippen LogP contribution in [0.1, 0.15) is 11.7 Å². The maximum Gasteiger partial charge on any atom is 0.138 e. The van der Waals surface area contributed by atoms with Crippen molar-refractivity contribution in [1.82, 2.24) is 14.7 Å². The summed E-state index contributed by atoms with van der Waals surface area (Å²) in [5.74, 6) is 0. The molecule has 1 aliphatic rings. The fourth-order valence-corrected chi connectivity index (χ4v) is 2.05. The van der Waals surface area contributed by atoms with Crippen molar-refractivity contribution in [3.05, 3.63) is 35.2 Å². The van der Waals surface area contributed by atoms with Gasteiger partial charge in [-0.05, 0) is 12.1 Å². The first-order chi connectivity index (χ1) is 7.83. The van der Waals surface area contributed by atoms with Crippen LogP contribution in [0.25, 0.3) is 5.65 Å². The van der Waals surface area contributed by atoms with E-state index < -0.39 is 0 Å². The summed E-state index contributed by atoms with van der Waals surface area (Å²) in [7, 11) is 0. The van der Waals surface area contributed by atoms with Crippen LogP contribution in [0.5, 0.6) is 0 Å². The van der Waals surface area contributed by atoms with Gasteiger partial charge in [-0.25, -0.2) is 4.98 Å². The molecule has 1 aliphatic heterocycles. The molecule has 1 fully saturated rings. The molecule has 1 saturated heterocycles. The third-order valence-electron chi connectivity index (χ3n) is 2.72. The molecule has 3 rings (SSSR count). The van der Waals surface area contributed by atoms with Crippen molar-refractivity contribution < 1.29 is 4.74 Å². The summed E-state index contributed by atoms with van der Waals surface area (Å²) >= 11 is 5.92. The highest BCUT2D eigenvalue weighted by atomic mass is 35.5. The van der Waals surface area contributed by atoms with Gasteiger partial charge in [0.2, 0.25) is 0 Å². The van der Waals surface area contributed by atoms with Crippen LogP contribution >= 0.6 is 11.6 Å². The van der Waals surface area contributed by atoms with E-state index in [2.05, 4.69) is 10.3 Å². The van der Waals surface area contributed by atoms with Crippen LogP contribution in [-0.2, 0) is 4.74 Å². The van der Waals surface area contributed by atoms with Gasteiger partial charge in [0.25, 0.3) is 0 Å². The van der Waals surface area contributed by atoms with Crippen LogP contribution in [0, 0.1) is 0 Å². The summed E-state index contributed by atoms with van der Waals surface area (Å²) < 4.78 is 7.39. The second-order valence-corrected chi connectivity index (χ2v) is 4.29. The van der Waals surface area contributed by atoms with Gasteiger partial charge in [0.1, 0.15) is 5.65 Å². The number of fused-ring (bicyclic) bond motifs is 1. The zero-order valence-corrected chi connectivity index (χ0v) is 9.44. The Morgan fingerprint density at radius 3 is 3.31 bits per heavy atom. The number of imidazole rings is 1. The van der Waals surface area contributed by atoms with Gasteiger partial charge in [-0.2, -0.15) is 0 Å². The highest BCUT2D eigenvalue weighted by molar-refractivity contribution is 6.30. The minimum atomic E-state index is 0.187. The lowest BCUT2D eigenvalue weighted by Crippen LogP contribution is -2.34. The summed E-state index contributed by atoms with van der Waals surface area (Å²) in [6.45, 7) is 2.33. The van der Waals surface area contributed by atoms with Crippen LogP contribution in [0.15, 0.2) is 24.5 Å². The molecule has 4 nitrogen and oxygen atoms in total. The van der Waals surface area contributed by atoms with Gasteiger partial charge < -0.3 is 14.5 Å². The molecular weight excluding hydrogens is 226 g/mol. The van der Waals surface area contributed by atoms with E-state index in [-0.39, 0.29) is 6.04 Å². The fraction of sp³-hybridized carbons (Fsp3) is 0.364. The van der Waals surface area contributed by atoms with E-state index in [4.69, 9.17) is 16.3 Å². The molecule has 0 radical (unpaired) electrons. The normalized spacial score (nSPS) is 21.4. The van der Waals surface area contributed by atoms with Crippen molar-refractivity contribution in [2.45, 2.75) is 6.04 Å². The molecule has 0 bridgehead atoms. The summed E-state index contributed by atoms with van der Waals surface area (Å²) in [5.41, 5.74) is 1.87. The van der Waals surface area contributed by atoms with Gasteiger partial charge >= 0.3 is 0 Å². The third kappa shape index (κ3) is 1.80. The number of hydrogen-bond donors (Lipinski definition) is 1. The molecule has 0 amide bonds. The van der Waals surface area contributed by atoms with E-state index in [1.54, 1.807) is 0 Å². The van der Waals surface area contributed by atoms with Crippen molar-refractivity contribution in [1.29, 1.82) is 0 Å². The lowest BCUT2D eigenvalue weighted by atomic mass is 10.2. The predicted octanol–water partition coefficient (Wildman–Crippen LogP) is 1.65. The lowest BCUT2D eigenvalue weighted by Gasteiger charge is -2.21. The largest absolute Gasteiger partial charge is 0.378 e. The van der Waals surface area contributed by atoms with E-state index in [0.29, 0.717) is 11.6 Å². The summed E-state index contributed by atoms with van der Waals surface area (Å²) in [4.78, 5) is 4.53. The smallest absolute Gasteiger partial charge is 0.138 e. The first-order valence-corrected chi connectivity index (χ1v) is 5.66. The molecule has 0 aliphatic carbocycles. The minimum absolute atomic E-state index is 0.187.